The molecule has 3 rings (SSSR count). The SMILES string of the molecule is CCNc1nnc(-c2ccccc2)nc1Cc1ccc(Cl)cc1. The highest BCUT2D eigenvalue weighted by atomic mass is 35.5. The lowest BCUT2D eigenvalue weighted by atomic mass is 10.1. The Morgan fingerprint density at radius 2 is 1.70 bits per heavy atom. The number of nitrogens with zero attached hydrogens (tertiary/aromatic N) is 3. The van der Waals surface area contributed by atoms with Crippen molar-refractivity contribution in [2.24, 2.45) is 0 Å². The number of benzene rings is 2. The molecule has 0 fully saturated rings. The van der Waals surface area contributed by atoms with Crippen LogP contribution in [-0.2, 0) is 6.42 Å². The van der Waals surface area contributed by atoms with Gasteiger partial charge in [0, 0.05) is 23.6 Å². The van der Waals surface area contributed by atoms with E-state index in [1.54, 1.807) is 0 Å². The predicted molar refractivity (Wildman–Crippen MR) is 93.7 cm³/mol. The van der Waals surface area contributed by atoms with Gasteiger partial charge in [-0.15, -0.1) is 10.2 Å². The first-order chi connectivity index (χ1) is 11.3. The molecule has 1 aromatic heterocycles. The van der Waals surface area contributed by atoms with E-state index in [4.69, 9.17) is 16.6 Å². The van der Waals surface area contributed by atoms with E-state index in [0.29, 0.717) is 12.2 Å². The lowest BCUT2D eigenvalue weighted by molar-refractivity contribution is 0.916. The van der Waals surface area contributed by atoms with Crippen LogP contribution in [0.2, 0.25) is 5.02 Å². The summed E-state index contributed by atoms with van der Waals surface area (Å²) in [7, 11) is 0. The molecule has 0 amide bonds. The van der Waals surface area contributed by atoms with E-state index >= 15 is 0 Å². The quantitative estimate of drug-likeness (QED) is 0.763. The first kappa shape index (κ1) is 15.4. The second-order valence-corrected chi connectivity index (χ2v) is 5.57. The third kappa shape index (κ3) is 3.85. The van der Waals surface area contributed by atoms with Crippen molar-refractivity contribution in [3.63, 3.8) is 0 Å². The van der Waals surface area contributed by atoms with E-state index in [-0.39, 0.29) is 0 Å². The normalized spacial score (nSPS) is 10.5. The van der Waals surface area contributed by atoms with Crippen molar-refractivity contribution in [1.82, 2.24) is 15.2 Å². The van der Waals surface area contributed by atoms with Crippen molar-refractivity contribution < 1.29 is 0 Å². The molecule has 0 aliphatic carbocycles. The summed E-state index contributed by atoms with van der Waals surface area (Å²) >= 11 is 5.95. The second-order valence-electron chi connectivity index (χ2n) is 5.13. The van der Waals surface area contributed by atoms with Gasteiger partial charge in [0.05, 0.1) is 5.69 Å². The molecule has 3 aromatic rings. The Morgan fingerprint density at radius 1 is 0.957 bits per heavy atom. The fourth-order valence-corrected chi connectivity index (χ4v) is 2.42. The van der Waals surface area contributed by atoms with E-state index in [9.17, 15) is 0 Å². The van der Waals surface area contributed by atoms with Crippen molar-refractivity contribution in [1.29, 1.82) is 0 Å². The third-order valence-corrected chi connectivity index (χ3v) is 3.67. The number of rotatable bonds is 5. The molecule has 0 bridgehead atoms. The highest BCUT2D eigenvalue weighted by Crippen LogP contribution is 2.20. The number of halogens is 1. The molecule has 0 spiro atoms. The maximum Gasteiger partial charge on any atom is 0.182 e. The minimum absolute atomic E-state index is 0.635. The average molecular weight is 325 g/mol. The Hall–Kier alpha value is -2.46. The maximum atomic E-state index is 5.95. The number of anilines is 1. The van der Waals surface area contributed by atoms with Crippen LogP contribution in [-0.4, -0.2) is 21.7 Å². The second kappa shape index (κ2) is 7.20. The molecule has 0 atom stereocenters. The molecule has 1 heterocycles. The zero-order valence-corrected chi connectivity index (χ0v) is 13.6. The number of hydrogen-bond donors (Lipinski definition) is 1. The number of aromatic nitrogens is 3. The standard InChI is InChI=1S/C18H17ClN4/c1-2-20-18-16(12-13-8-10-15(19)11-9-13)21-17(22-23-18)14-6-4-3-5-7-14/h3-11H,2,12H2,1H3,(H,20,23). The molecule has 116 valence electrons. The molecule has 5 heteroatoms. The first-order valence-electron chi connectivity index (χ1n) is 7.53. The van der Waals surface area contributed by atoms with Gasteiger partial charge in [-0.3, -0.25) is 0 Å². The van der Waals surface area contributed by atoms with E-state index in [2.05, 4.69) is 15.5 Å². The Balaban J connectivity index is 1.96. The number of hydrogen-bond acceptors (Lipinski definition) is 4. The van der Waals surface area contributed by atoms with E-state index < -0.39 is 0 Å². The molecule has 0 radical (unpaired) electrons. The lowest BCUT2D eigenvalue weighted by Crippen LogP contribution is -2.09. The Morgan fingerprint density at radius 3 is 2.39 bits per heavy atom. The van der Waals surface area contributed by atoms with Gasteiger partial charge in [-0.25, -0.2) is 4.98 Å². The summed E-state index contributed by atoms with van der Waals surface area (Å²) in [5.41, 5.74) is 2.97. The molecule has 0 unspecified atom stereocenters. The van der Waals surface area contributed by atoms with Crippen LogP contribution in [0.1, 0.15) is 18.2 Å². The van der Waals surface area contributed by atoms with Crippen LogP contribution in [0.15, 0.2) is 54.6 Å². The highest BCUT2D eigenvalue weighted by Gasteiger charge is 2.11. The van der Waals surface area contributed by atoms with Crippen LogP contribution in [0.3, 0.4) is 0 Å². The average Bonchev–Trinajstić information content (AvgIpc) is 2.59. The summed E-state index contributed by atoms with van der Waals surface area (Å²) in [5.74, 6) is 1.36. The van der Waals surface area contributed by atoms with Gasteiger partial charge in [0.1, 0.15) is 0 Å². The van der Waals surface area contributed by atoms with Crippen LogP contribution in [0, 0.1) is 0 Å². The smallest absolute Gasteiger partial charge is 0.182 e. The van der Waals surface area contributed by atoms with Crippen LogP contribution in [0.5, 0.6) is 0 Å². The minimum Gasteiger partial charge on any atom is -0.367 e. The monoisotopic (exact) mass is 324 g/mol. The highest BCUT2D eigenvalue weighted by molar-refractivity contribution is 6.30. The molecule has 23 heavy (non-hydrogen) atoms. The zero-order chi connectivity index (χ0) is 16.1. The predicted octanol–water partition coefficient (Wildman–Crippen LogP) is 4.21. The van der Waals surface area contributed by atoms with Gasteiger partial charge >= 0.3 is 0 Å². The number of nitrogens with one attached hydrogen (secondary N) is 1. The van der Waals surface area contributed by atoms with Crippen molar-refractivity contribution in [3.05, 3.63) is 70.9 Å². The van der Waals surface area contributed by atoms with Crippen molar-refractivity contribution in [3.8, 4) is 11.4 Å². The minimum atomic E-state index is 0.635. The summed E-state index contributed by atoms with van der Waals surface area (Å²) < 4.78 is 0. The fraction of sp³-hybridized carbons (Fsp3) is 0.167. The van der Waals surface area contributed by atoms with Crippen molar-refractivity contribution >= 4 is 17.4 Å². The molecular weight excluding hydrogens is 308 g/mol. The largest absolute Gasteiger partial charge is 0.367 e. The van der Waals surface area contributed by atoms with Gasteiger partial charge in [0.2, 0.25) is 0 Å². The third-order valence-electron chi connectivity index (χ3n) is 3.42. The molecule has 0 saturated carbocycles. The van der Waals surface area contributed by atoms with Crippen LogP contribution in [0.25, 0.3) is 11.4 Å². The summed E-state index contributed by atoms with van der Waals surface area (Å²) in [6.07, 6.45) is 0.675. The van der Waals surface area contributed by atoms with E-state index in [1.165, 1.54) is 0 Å². The molecule has 0 saturated heterocycles. The van der Waals surface area contributed by atoms with E-state index in [1.807, 2.05) is 61.5 Å². The van der Waals surface area contributed by atoms with Gasteiger partial charge in [0.15, 0.2) is 11.6 Å². The summed E-state index contributed by atoms with van der Waals surface area (Å²) in [6.45, 7) is 2.80. The van der Waals surface area contributed by atoms with Gasteiger partial charge in [-0.2, -0.15) is 0 Å². The van der Waals surface area contributed by atoms with Crippen molar-refractivity contribution in [2.45, 2.75) is 13.3 Å². The van der Waals surface area contributed by atoms with Gasteiger partial charge in [-0.05, 0) is 24.6 Å². The molecule has 4 nitrogen and oxygen atoms in total. The molecule has 0 aliphatic heterocycles. The molecular formula is C18H17ClN4. The van der Waals surface area contributed by atoms with Gasteiger partial charge < -0.3 is 5.32 Å². The van der Waals surface area contributed by atoms with Crippen LogP contribution < -0.4 is 5.32 Å². The maximum absolute atomic E-state index is 5.95. The summed E-state index contributed by atoms with van der Waals surface area (Å²) in [6, 6.07) is 17.6. The first-order valence-corrected chi connectivity index (χ1v) is 7.91. The fourth-order valence-electron chi connectivity index (χ4n) is 2.29. The zero-order valence-electron chi connectivity index (χ0n) is 12.8. The molecule has 2 aromatic carbocycles. The van der Waals surface area contributed by atoms with Gasteiger partial charge in [0.25, 0.3) is 0 Å². The summed E-state index contributed by atoms with van der Waals surface area (Å²) in [5, 5.41) is 12.5. The van der Waals surface area contributed by atoms with E-state index in [0.717, 1.165) is 34.2 Å². The lowest BCUT2D eigenvalue weighted by Gasteiger charge is -2.10. The van der Waals surface area contributed by atoms with Crippen LogP contribution in [0.4, 0.5) is 5.82 Å². The Kier molecular flexibility index (Phi) is 4.83. The Labute approximate surface area is 140 Å². The van der Waals surface area contributed by atoms with Crippen molar-refractivity contribution in [2.75, 3.05) is 11.9 Å². The molecule has 1 N–H and O–H groups in total. The topological polar surface area (TPSA) is 50.7 Å². The van der Waals surface area contributed by atoms with Gasteiger partial charge in [-0.1, -0.05) is 54.1 Å². The summed E-state index contributed by atoms with van der Waals surface area (Å²) in [4.78, 5) is 4.71. The molecule has 0 aliphatic rings. The van der Waals surface area contributed by atoms with Crippen LogP contribution >= 0.6 is 11.6 Å². The Bertz CT molecular complexity index is 773.